The number of hydrogen-bond acceptors (Lipinski definition) is 3. The van der Waals surface area contributed by atoms with Crippen molar-refractivity contribution in [2.75, 3.05) is 11.9 Å². The normalized spacial score (nSPS) is 19.1. The maximum Gasteiger partial charge on any atom is 0.254 e. The second-order valence-corrected chi connectivity index (χ2v) is 7.19. The molecule has 5 nitrogen and oxygen atoms in total. The number of carbonyl (C=O) groups is 3. The van der Waals surface area contributed by atoms with Gasteiger partial charge in [-0.2, -0.15) is 0 Å². The number of carbonyl (C=O) groups excluding carboxylic acids is 3. The Labute approximate surface area is 158 Å². The van der Waals surface area contributed by atoms with E-state index in [1.807, 2.05) is 19.2 Å². The highest BCUT2D eigenvalue weighted by Gasteiger charge is 2.31. The molecular weight excluding hydrogens is 340 g/mol. The molecular formula is C22H22N2O3. The van der Waals surface area contributed by atoms with Crippen LogP contribution in [-0.4, -0.2) is 29.7 Å². The smallest absolute Gasteiger partial charge is 0.254 e. The van der Waals surface area contributed by atoms with Crippen LogP contribution in [0.3, 0.4) is 0 Å². The average molecular weight is 362 g/mol. The quantitative estimate of drug-likeness (QED) is 0.786. The molecule has 0 saturated carbocycles. The van der Waals surface area contributed by atoms with E-state index in [0.29, 0.717) is 11.3 Å². The predicted octanol–water partition coefficient (Wildman–Crippen LogP) is 3.49. The van der Waals surface area contributed by atoms with E-state index in [0.717, 1.165) is 19.3 Å². The van der Waals surface area contributed by atoms with Gasteiger partial charge in [0.25, 0.3) is 5.91 Å². The molecule has 0 aromatic heterocycles. The molecule has 2 aliphatic rings. The highest BCUT2D eigenvalue weighted by atomic mass is 16.2. The van der Waals surface area contributed by atoms with E-state index in [-0.39, 0.29) is 36.6 Å². The molecule has 1 fully saturated rings. The summed E-state index contributed by atoms with van der Waals surface area (Å²) < 4.78 is 0. The number of nitrogens with zero attached hydrogens (tertiary/aromatic N) is 2. The van der Waals surface area contributed by atoms with Crippen LogP contribution in [0.15, 0.2) is 48.5 Å². The van der Waals surface area contributed by atoms with Crippen molar-refractivity contribution in [3.05, 3.63) is 65.2 Å². The van der Waals surface area contributed by atoms with E-state index >= 15 is 0 Å². The second-order valence-electron chi connectivity index (χ2n) is 7.19. The van der Waals surface area contributed by atoms with Gasteiger partial charge in [-0.1, -0.05) is 24.3 Å². The standard InChI is InChI=1S/C22H22N2O3/c1-23(19-8-4-6-15-5-2-3-7-18(15)19)22(27)16-9-11-17(12-10-16)24-20(25)13-14-21(24)26/h2-3,5,7,9-12,19H,4,6,8,13-14H2,1H3/t19-/m0/s1. The Kier molecular flexibility index (Phi) is 4.52. The van der Waals surface area contributed by atoms with Crippen molar-refractivity contribution < 1.29 is 14.4 Å². The van der Waals surface area contributed by atoms with Crippen LogP contribution in [0.2, 0.25) is 0 Å². The van der Waals surface area contributed by atoms with Gasteiger partial charge in [-0.3, -0.25) is 19.3 Å². The fourth-order valence-electron chi connectivity index (χ4n) is 4.09. The molecule has 1 saturated heterocycles. The van der Waals surface area contributed by atoms with Crippen LogP contribution < -0.4 is 4.90 Å². The molecule has 2 aromatic carbocycles. The van der Waals surface area contributed by atoms with Gasteiger partial charge in [0.1, 0.15) is 0 Å². The highest BCUT2D eigenvalue weighted by molar-refractivity contribution is 6.19. The number of benzene rings is 2. The van der Waals surface area contributed by atoms with Crippen LogP contribution in [0.25, 0.3) is 0 Å². The van der Waals surface area contributed by atoms with E-state index in [1.54, 1.807) is 29.2 Å². The van der Waals surface area contributed by atoms with Crippen LogP contribution in [0, 0.1) is 0 Å². The van der Waals surface area contributed by atoms with E-state index in [4.69, 9.17) is 0 Å². The van der Waals surface area contributed by atoms with Gasteiger partial charge >= 0.3 is 0 Å². The molecule has 2 aromatic rings. The van der Waals surface area contributed by atoms with Crippen molar-refractivity contribution in [2.24, 2.45) is 0 Å². The van der Waals surface area contributed by atoms with Crippen LogP contribution in [0.4, 0.5) is 5.69 Å². The molecule has 1 aliphatic carbocycles. The zero-order valence-electron chi connectivity index (χ0n) is 15.4. The number of imide groups is 1. The Balaban J connectivity index is 1.55. The van der Waals surface area contributed by atoms with Crippen LogP contribution in [0.5, 0.6) is 0 Å². The van der Waals surface area contributed by atoms with Gasteiger partial charge < -0.3 is 4.90 Å². The summed E-state index contributed by atoms with van der Waals surface area (Å²) in [6, 6.07) is 15.1. The van der Waals surface area contributed by atoms with Crippen molar-refractivity contribution in [1.29, 1.82) is 0 Å². The van der Waals surface area contributed by atoms with Crippen molar-refractivity contribution >= 4 is 23.4 Å². The average Bonchev–Trinajstić information content (AvgIpc) is 3.04. The first-order chi connectivity index (χ1) is 13.1. The molecule has 0 radical (unpaired) electrons. The summed E-state index contributed by atoms with van der Waals surface area (Å²) in [5.74, 6) is -0.424. The number of amides is 3. The predicted molar refractivity (Wildman–Crippen MR) is 102 cm³/mol. The molecule has 3 amide bonds. The van der Waals surface area contributed by atoms with Gasteiger partial charge in [-0.05, 0) is 54.7 Å². The minimum absolute atomic E-state index is 0.0534. The lowest BCUT2D eigenvalue weighted by atomic mass is 9.87. The van der Waals surface area contributed by atoms with Gasteiger partial charge in [0.2, 0.25) is 11.8 Å². The maximum atomic E-state index is 13.0. The van der Waals surface area contributed by atoms with Crippen LogP contribution in [-0.2, 0) is 16.0 Å². The summed E-state index contributed by atoms with van der Waals surface area (Å²) in [6.45, 7) is 0. The summed E-state index contributed by atoms with van der Waals surface area (Å²) in [5.41, 5.74) is 3.63. The minimum Gasteiger partial charge on any atom is -0.335 e. The Morgan fingerprint density at radius 3 is 2.33 bits per heavy atom. The van der Waals surface area contributed by atoms with E-state index < -0.39 is 0 Å². The maximum absolute atomic E-state index is 13.0. The first kappa shape index (κ1) is 17.5. The summed E-state index contributed by atoms with van der Waals surface area (Å²) in [6.07, 6.45) is 3.58. The van der Waals surface area contributed by atoms with Gasteiger partial charge in [0.15, 0.2) is 0 Å². The van der Waals surface area contributed by atoms with Gasteiger partial charge in [-0.15, -0.1) is 0 Å². The number of anilines is 1. The molecule has 5 heteroatoms. The highest BCUT2D eigenvalue weighted by Crippen LogP contribution is 2.34. The Morgan fingerprint density at radius 2 is 1.63 bits per heavy atom. The van der Waals surface area contributed by atoms with Gasteiger partial charge in [0, 0.05) is 25.5 Å². The Morgan fingerprint density at radius 1 is 0.963 bits per heavy atom. The lowest BCUT2D eigenvalue weighted by Crippen LogP contribution is -2.33. The lowest BCUT2D eigenvalue weighted by molar-refractivity contribution is -0.121. The molecule has 1 heterocycles. The second kappa shape index (κ2) is 6.99. The molecule has 0 spiro atoms. The molecule has 138 valence electrons. The Bertz CT molecular complexity index is 888. The first-order valence-corrected chi connectivity index (χ1v) is 9.37. The molecule has 27 heavy (non-hydrogen) atoms. The molecule has 0 unspecified atom stereocenters. The summed E-state index contributed by atoms with van der Waals surface area (Å²) in [4.78, 5) is 39.7. The third-order valence-electron chi connectivity index (χ3n) is 5.55. The third kappa shape index (κ3) is 3.14. The molecule has 0 N–H and O–H groups in total. The fraction of sp³-hybridized carbons (Fsp3) is 0.318. The van der Waals surface area contributed by atoms with Crippen LogP contribution >= 0.6 is 0 Å². The number of hydrogen-bond donors (Lipinski definition) is 0. The fourth-order valence-corrected chi connectivity index (χ4v) is 4.09. The molecule has 0 bridgehead atoms. The number of aryl methyl sites for hydroxylation is 1. The molecule has 4 rings (SSSR count). The molecule has 1 aliphatic heterocycles. The number of fused-ring (bicyclic) bond motifs is 1. The van der Waals surface area contributed by atoms with Gasteiger partial charge in [-0.25, -0.2) is 0 Å². The SMILES string of the molecule is CN(C(=O)c1ccc(N2C(=O)CCC2=O)cc1)[C@H]1CCCc2ccccc21. The van der Waals surface area contributed by atoms with Crippen molar-refractivity contribution in [3.63, 3.8) is 0 Å². The van der Waals surface area contributed by atoms with Crippen molar-refractivity contribution in [2.45, 2.75) is 38.1 Å². The third-order valence-corrected chi connectivity index (χ3v) is 5.55. The van der Waals surface area contributed by atoms with E-state index in [2.05, 4.69) is 12.1 Å². The number of rotatable bonds is 3. The zero-order valence-corrected chi connectivity index (χ0v) is 15.4. The van der Waals surface area contributed by atoms with E-state index in [1.165, 1.54) is 16.0 Å². The van der Waals surface area contributed by atoms with Crippen molar-refractivity contribution in [3.8, 4) is 0 Å². The largest absolute Gasteiger partial charge is 0.335 e. The topological polar surface area (TPSA) is 57.7 Å². The van der Waals surface area contributed by atoms with Gasteiger partial charge in [0.05, 0.1) is 11.7 Å². The van der Waals surface area contributed by atoms with E-state index in [9.17, 15) is 14.4 Å². The summed E-state index contributed by atoms with van der Waals surface area (Å²) >= 11 is 0. The zero-order chi connectivity index (χ0) is 19.0. The monoisotopic (exact) mass is 362 g/mol. The Hall–Kier alpha value is -2.95. The minimum atomic E-state index is -0.185. The van der Waals surface area contributed by atoms with Crippen LogP contribution in [0.1, 0.15) is 53.2 Å². The van der Waals surface area contributed by atoms with Crippen molar-refractivity contribution in [1.82, 2.24) is 4.90 Å². The molecule has 1 atom stereocenters. The first-order valence-electron chi connectivity index (χ1n) is 9.37. The lowest BCUT2D eigenvalue weighted by Gasteiger charge is -2.33. The summed E-state index contributed by atoms with van der Waals surface area (Å²) in [7, 11) is 1.84. The summed E-state index contributed by atoms with van der Waals surface area (Å²) in [5, 5.41) is 0.